The Hall–Kier alpha value is -5.06. The largest absolute Gasteiger partial charge is 0.374 e. The van der Waals surface area contributed by atoms with Gasteiger partial charge in [0.2, 0.25) is 5.91 Å². The summed E-state index contributed by atoms with van der Waals surface area (Å²) in [6.07, 6.45) is 6.01. The second-order valence-electron chi connectivity index (χ2n) is 11.9. The number of aromatic nitrogens is 2. The van der Waals surface area contributed by atoms with Crippen molar-refractivity contribution < 1.29 is 19.1 Å². The van der Waals surface area contributed by atoms with Crippen LogP contribution in [0.2, 0.25) is 0 Å². The van der Waals surface area contributed by atoms with Crippen LogP contribution >= 0.6 is 0 Å². The number of nitrogens with zero attached hydrogens (tertiary/aromatic N) is 3. The van der Waals surface area contributed by atoms with Gasteiger partial charge >= 0.3 is 0 Å². The first-order valence-electron chi connectivity index (χ1n) is 15.3. The molecule has 2 unspecified atom stereocenters. The number of nitrogens with two attached hydrogens (primary N) is 1. The van der Waals surface area contributed by atoms with Gasteiger partial charge in [0.1, 0.15) is 12.1 Å². The van der Waals surface area contributed by atoms with Crippen molar-refractivity contribution in [1.82, 2.24) is 19.8 Å². The Morgan fingerprint density at radius 2 is 1.61 bits per heavy atom. The van der Waals surface area contributed by atoms with E-state index in [1.165, 1.54) is 17.5 Å². The lowest BCUT2D eigenvalue weighted by atomic mass is 9.98. The normalized spacial score (nSPS) is 14.6. The molecule has 3 aromatic carbocycles. The highest BCUT2D eigenvalue weighted by molar-refractivity contribution is 5.98. The SMILES string of the molecule is CC(C)(N)C(=O)NC(COCc1ccccc1)C(=O)Nc1cn(C(C(=O)N2CC=C(c3ccccc3)CC2)c2ccccc2)cn1. The van der Waals surface area contributed by atoms with Gasteiger partial charge in [0.15, 0.2) is 5.82 Å². The molecule has 0 bridgehead atoms. The quantitative estimate of drug-likeness (QED) is 0.218. The molecule has 0 fully saturated rings. The molecule has 0 aliphatic carbocycles. The highest BCUT2D eigenvalue weighted by Gasteiger charge is 2.31. The van der Waals surface area contributed by atoms with Crippen molar-refractivity contribution in [3.63, 3.8) is 0 Å². The fourth-order valence-corrected chi connectivity index (χ4v) is 5.19. The summed E-state index contributed by atoms with van der Waals surface area (Å²) in [4.78, 5) is 46.4. The highest BCUT2D eigenvalue weighted by atomic mass is 16.5. The second-order valence-corrected chi connectivity index (χ2v) is 11.9. The van der Waals surface area contributed by atoms with Gasteiger partial charge < -0.3 is 30.6 Å². The smallest absolute Gasteiger partial charge is 0.250 e. The molecule has 5 rings (SSSR count). The summed E-state index contributed by atoms with van der Waals surface area (Å²) in [5, 5.41) is 5.47. The van der Waals surface area contributed by atoms with E-state index in [4.69, 9.17) is 10.5 Å². The first kappa shape index (κ1) is 32.3. The van der Waals surface area contributed by atoms with Gasteiger partial charge in [-0.05, 0) is 42.5 Å². The Balaban J connectivity index is 1.31. The zero-order chi connectivity index (χ0) is 32.5. The number of hydrogen-bond donors (Lipinski definition) is 3. The average Bonchev–Trinajstić information content (AvgIpc) is 3.52. The Morgan fingerprint density at radius 1 is 0.957 bits per heavy atom. The van der Waals surface area contributed by atoms with E-state index in [0.717, 1.165) is 17.5 Å². The van der Waals surface area contributed by atoms with Crippen LogP contribution in [0.3, 0.4) is 0 Å². The molecule has 2 heterocycles. The number of anilines is 1. The molecule has 2 atom stereocenters. The van der Waals surface area contributed by atoms with Crippen LogP contribution in [-0.2, 0) is 25.7 Å². The fourth-order valence-electron chi connectivity index (χ4n) is 5.19. The topological polar surface area (TPSA) is 132 Å². The van der Waals surface area contributed by atoms with E-state index in [1.54, 1.807) is 24.6 Å². The molecule has 1 aliphatic heterocycles. The van der Waals surface area contributed by atoms with Crippen molar-refractivity contribution in [3.8, 4) is 0 Å². The molecule has 0 saturated heterocycles. The standard InChI is InChI=1S/C36H40N6O4/c1-36(2,37)35(45)39-30(24-46-23-26-12-6-3-7-13-26)33(43)40-31-22-42(25-38-31)32(29-16-10-5-11-17-29)34(44)41-20-18-28(19-21-41)27-14-8-4-9-15-27/h3-18,22,25,30,32H,19-21,23-24,37H2,1-2H3,(H,39,45)(H,40,43). The van der Waals surface area contributed by atoms with Gasteiger partial charge in [-0.1, -0.05) is 97.1 Å². The summed E-state index contributed by atoms with van der Waals surface area (Å²) in [5.41, 5.74) is 8.90. The minimum atomic E-state index is -1.20. The first-order valence-corrected chi connectivity index (χ1v) is 15.3. The van der Waals surface area contributed by atoms with E-state index in [1.807, 2.05) is 83.8 Å². The molecule has 0 saturated carbocycles. The number of nitrogens with one attached hydrogen (secondary N) is 2. The Kier molecular flexibility index (Phi) is 10.4. The molecule has 238 valence electrons. The third-order valence-corrected chi connectivity index (χ3v) is 7.77. The molecule has 4 N–H and O–H groups in total. The Labute approximate surface area is 269 Å². The number of amides is 3. The van der Waals surface area contributed by atoms with Gasteiger partial charge in [0, 0.05) is 19.3 Å². The van der Waals surface area contributed by atoms with E-state index < -0.39 is 29.4 Å². The van der Waals surface area contributed by atoms with E-state index in [-0.39, 0.29) is 24.9 Å². The van der Waals surface area contributed by atoms with Crippen molar-refractivity contribution in [3.05, 3.63) is 126 Å². The van der Waals surface area contributed by atoms with Crippen LogP contribution in [0.1, 0.15) is 43.0 Å². The second kappa shape index (κ2) is 14.8. The molecular weight excluding hydrogens is 580 g/mol. The molecule has 0 radical (unpaired) electrons. The summed E-state index contributed by atoms with van der Waals surface area (Å²) in [6.45, 7) is 4.38. The third-order valence-electron chi connectivity index (χ3n) is 7.77. The Morgan fingerprint density at radius 3 is 2.24 bits per heavy atom. The van der Waals surface area contributed by atoms with Gasteiger partial charge in [0.05, 0.1) is 25.1 Å². The molecule has 10 heteroatoms. The zero-order valence-electron chi connectivity index (χ0n) is 26.1. The minimum absolute atomic E-state index is 0.0746. The first-order chi connectivity index (χ1) is 22.2. The monoisotopic (exact) mass is 620 g/mol. The van der Waals surface area contributed by atoms with Crippen LogP contribution in [0.5, 0.6) is 0 Å². The van der Waals surface area contributed by atoms with Gasteiger partial charge in [-0.15, -0.1) is 0 Å². The third kappa shape index (κ3) is 8.35. The fraction of sp³-hybridized carbons (Fsp3) is 0.278. The van der Waals surface area contributed by atoms with Gasteiger partial charge in [-0.25, -0.2) is 4.98 Å². The van der Waals surface area contributed by atoms with Crippen LogP contribution in [0.15, 0.2) is 110 Å². The molecule has 3 amide bonds. The number of benzene rings is 3. The van der Waals surface area contributed by atoms with Crippen LogP contribution in [0.4, 0.5) is 5.82 Å². The van der Waals surface area contributed by atoms with Crippen molar-refractivity contribution in [2.24, 2.45) is 5.73 Å². The molecule has 1 aromatic heterocycles. The van der Waals surface area contributed by atoms with Gasteiger partial charge in [-0.2, -0.15) is 0 Å². The lowest BCUT2D eigenvalue weighted by Crippen LogP contribution is -2.56. The van der Waals surface area contributed by atoms with Crippen LogP contribution in [0.25, 0.3) is 5.57 Å². The molecule has 0 spiro atoms. The van der Waals surface area contributed by atoms with Crippen LogP contribution < -0.4 is 16.4 Å². The number of imidazole rings is 1. The maximum atomic E-state index is 14.0. The number of carbonyl (C=O) groups is 3. The maximum Gasteiger partial charge on any atom is 0.250 e. The Bertz CT molecular complexity index is 1650. The predicted octanol–water partition coefficient (Wildman–Crippen LogP) is 4.17. The van der Waals surface area contributed by atoms with Crippen molar-refractivity contribution in [2.75, 3.05) is 25.0 Å². The summed E-state index contributed by atoms with van der Waals surface area (Å²) >= 11 is 0. The molecular formula is C36H40N6O4. The lowest BCUT2D eigenvalue weighted by Gasteiger charge is -2.31. The van der Waals surface area contributed by atoms with E-state index >= 15 is 0 Å². The van der Waals surface area contributed by atoms with Gasteiger partial charge in [-0.3, -0.25) is 14.4 Å². The molecule has 46 heavy (non-hydrogen) atoms. The van der Waals surface area contributed by atoms with Crippen molar-refractivity contribution in [2.45, 2.75) is 44.5 Å². The van der Waals surface area contributed by atoms with Gasteiger partial charge in [0.25, 0.3) is 11.8 Å². The number of hydrogen-bond acceptors (Lipinski definition) is 6. The minimum Gasteiger partial charge on any atom is -0.374 e. The zero-order valence-corrected chi connectivity index (χ0v) is 26.1. The summed E-state index contributed by atoms with van der Waals surface area (Å²) in [6, 6.07) is 27.5. The molecule has 4 aromatic rings. The number of carbonyl (C=O) groups excluding carboxylic acids is 3. The highest BCUT2D eigenvalue weighted by Crippen LogP contribution is 2.27. The molecule has 10 nitrogen and oxygen atoms in total. The summed E-state index contributed by atoms with van der Waals surface area (Å²) < 4.78 is 7.49. The van der Waals surface area contributed by atoms with E-state index in [9.17, 15) is 14.4 Å². The maximum absolute atomic E-state index is 14.0. The number of ether oxygens (including phenoxy) is 1. The lowest BCUT2D eigenvalue weighted by molar-refractivity contribution is -0.133. The van der Waals surface area contributed by atoms with Crippen molar-refractivity contribution in [1.29, 1.82) is 0 Å². The summed E-state index contributed by atoms with van der Waals surface area (Å²) in [7, 11) is 0. The number of rotatable bonds is 12. The van der Waals surface area contributed by atoms with Crippen LogP contribution in [-0.4, -0.2) is 63.4 Å². The predicted molar refractivity (Wildman–Crippen MR) is 177 cm³/mol. The van der Waals surface area contributed by atoms with Crippen molar-refractivity contribution >= 4 is 29.1 Å². The van der Waals surface area contributed by atoms with Crippen LogP contribution in [0, 0.1) is 0 Å². The average molecular weight is 621 g/mol. The molecule has 1 aliphatic rings. The summed E-state index contributed by atoms with van der Waals surface area (Å²) in [5.74, 6) is -0.859. The van der Waals surface area contributed by atoms with E-state index in [0.29, 0.717) is 13.1 Å². The van der Waals surface area contributed by atoms with E-state index in [2.05, 4.69) is 33.8 Å².